The van der Waals surface area contributed by atoms with Crippen LogP contribution in [0.15, 0.2) is 0 Å². The molecule has 0 heterocycles. The van der Waals surface area contributed by atoms with Gasteiger partial charge in [0.25, 0.3) is 0 Å². The van der Waals surface area contributed by atoms with Gasteiger partial charge in [-0.3, -0.25) is 4.79 Å². The van der Waals surface area contributed by atoms with E-state index in [4.69, 9.17) is 16.6 Å². The predicted octanol–water partition coefficient (Wildman–Crippen LogP) is -0.863. The van der Waals surface area contributed by atoms with Gasteiger partial charge in [-0.05, 0) is 6.42 Å². The standard InChI is InChI=1S/C5H12N2O2/c6-3-4(7)1-2-5(8)9/h4H,1-3,6-7H2,(H,8,9). The Labute approximate surface area is 53.8 Å². The van der Waals surface area contributed by atoms with Crippen LogP contribution < -0.4 is 11.5 Å². The number of hydrogen-bond acceptors (Lipinski definition) is 3. The first kappa shape index (κ1) is 8.39. The summed E-state index contributed by atoms with van der Waals surface area (Å²) in [6.45, 7) is 0.354. The highest BCUT2D eigenvalue weighted by molar-refractivity contribution is 5.66. The lowest BCUT2D eigenvalue weighted by molar-refractivity contribution is -0.137. The smallest absolute Gasteiger partial charge is 0.303 e. The summed E-state index contributed by atoms with van der Waals surface area (Å²) in [5, 5.41) is 8.16. The van der Waals surface area contributed by atoms with Crippen LogP contribution in [0.5, 0.6) is 0 Å². The Bertz CT molecular complexity index is 95.0. The zero-order valence-electron chi connectivity index (χ0n) is 5.21. The first-order valence-electron chi connectivity index (χ1n) is 2.84. The molecule has 0 bridgehead atoms. The van der Waals surface area contributed by atoms with E-state index in [1.54, 1.807) is 0 Å². The van der Waals surface area contributed by atoms with E-state index in [0.717, 1.165) is 0 Å². The van der Waals surface area contributed by atoms with Crippen LogP contribution in [-0.4, -0.2) is 23.7 Å². The molecule has 4 heteroatoms. The average molecular weight is 132 g/mol. The van der Waals surface area contributed by atoms with Crippen LogP contribution in [0.4, 0.5) is 0 Å². The van der Waals surface area contributed by atoms with Crippen molar-refractivity contribution in [2.24, 2.45) is 11.5 Å². The lowest BCUT2D eigenvalue weighted by Gasteiger charge is -2.03. The molecule has 0 aromatic heterocycles. The molecule has 0 saturated carbocycles. The summed E-state index contributed by atoms with van der Waals surface area (Å²) in [6.07, 6.45) is 0.574. The van der Waals surface area contributed by atoms with E-state index in [1.807, 2.05) is 0 Å². The molecule has 0 aromatic carbocycles. The van der Waals surface area contributed by atoms with Crippen LogP contribution >= 0.6 is 0 Å². The minimum Gasteiger partial charge on any atom is -0.481 e. The first-order chi connectivity index (χ1) is 4.16. The van der Waals surface area contributed by atoms with Gasteiger partial charge in [0.15, 0.2) is 0 Å². The Hall–Kier alpha value is -0.610. The Morgan fingerprint density at radius 3 is 2.56 bits per heavy atom. The van der Waals surface area contributed by atoms with Gasteiger partial charge in [0.05, 0.1) is 0 Å². The van der Waals surface area contributed by atoms with Gasteiger partial charge in [0.1, 0.15) is 0 Å². The summed E-state index contributed by atoms with van der Waals surface area (Å²) in [5.41, 5.74) is 10.5. The van der Waals surface area contributed by atoms with Gasteiger partial charge < -0.3 is 16.6 Å². The topological polar surface area (TPSA) is 89.3 Å². The second-order valence-electron chi connectivity index (χ2n) is 1.93. The van der Waals surface area contributed by atoms with E-state index in [-0.39, 0.29) is 12.5 Å². The highest BCUT2D eigenvalue weighted by atomic mass is 16.4. The van der Waals surface area contributed by atoms with Gasteiger partial charge in [-0.2, -0.15) is 0 Å². The molecule has 1 atom stereocenters. The highest BCUT2D eigenvalue weighted by Crippen LogP contribution is 1.91. The summed E-state index contributed by atoms with van der Waals surface area (Å²) in [7, 11) is 0. The number of nitrogens with two attached hydrogens (primary N) is 2. The minimum absolute atomic E-state index is 0.109. The fraction of sp³-hybridized carbons (Fsp3) is 0.800. The van der Waals surface area contributed by atoms with E-state index in [1.165, 1.54) is 0 Å². The molecule has 9 heavy (non-hydrogen) atoms. The van der Waals surface area contributed by atoms with Gasteiger partial charge >= 0.3 is 5.97 Å². The zero-order chi connectivity index (χ0) is 7.28. The van der Waals surface area contributed by atoms with Crippen molar-refractivity contribution >= 4 is 5.97 Å². The molecule has 5 N–H and O–H groups in total. The third kappa shape index (κ3) is 5.26. The van der Waals surface area contributed by atoms with Gasteiger partial charge in [-0.25, -0.2) is 0 Å². The maximum Gasteiger partial charge on any atom is 0.303 e. The van der Waals surface area contributed by atoms with Crippen molar-refractivity contribution in [1.29, 1.82) is 0 Å². The second kappa shape index (κ2) is 4.29. The quantitative estimate of drug-likeness (QED) is 0.464. The maximum absolute atomic E-state index is 9.92. The van der Waals surface area contributed by atoms with Crippen molar-refractivity contribution in [3.05, 3.63) is 0 Å². The van der Waals surface area contributed by atoms with Gasteiger partial charge in [0, 0.05) is 19.0 Å². The van der Waals surface area contributed by atoms with Crippen LogP contribution in [0.3, 0.4) is 0 Å². The largest absolute Gasteiger partial charge is 0.481 e. The normalized spacial score (nSPS) is 13.1. The van der Waals surface area contributed by atoms with Gasteiger partial charge in [-0.15, -0.1) is 0 Å². The number of carbonyl (C=O) groups is 1. The van der Waals surface area contributed by atoms with E-state index in [9.17, 15) is 4.79 Å². The number of hydrogen-bond donors (Lipinski definition) is 3. The van der Waals surface area contributed by atoms with E-state index in [2.05, 4.69) is 0 Å². The van der Waals surface area contributed by atoms with Crippen molar-refractivity contribution in [2.75, 3.05) is 6.54 Å². The summed E-state index contributed by atoms with van der Waals surface area (Å²) >= 11 is 0. The molecular weight excluding hydrogens is 120 g/mol. The van der Waals surface area contributed by atoms with E-state index in [0.29, 0.717) is 13.0 Å². The van der Waals surface area contributed by atoms with Crippen LogP contribution in [-0.2, 0) is 4.79 Å². The molecular formula is C5H12N2O2. The summed E-state index contributed by atoms with van der Waals surface area (Å²) < 4.78 is 0. The zero-order valence-corrected chi connectivity index (χ0v) is 5.21. The second-order valence-corrected chi connectivity index (χ2v) is 1.93. The summed E-state index contributed by atoms with van der Waals surface area (Å²) in [5.74, 6) is -0.820. The van der Waals surface area contributed by atoms with Crippen molar-refractivity contribution in [1.82, 2.24) is 0 Å². The van der Waals surface area contributed by atoms with Gasteiger partial charge in [0.2, 0.25) is 0 Å². The first-order valence-corrected chi connectivity index (χ1v) is 2.84. The molecule has 0 rings (SSSR count). The molecule has 0 aliphatic rings. The molecule has 0 saturated heterocycles. The van der Waals surface area contributed by atoms with Crippen molar-refractivity contribution in [3.8, 4) is 0 Å². The van der Waals surface area contributed by atoms with E-state index >= 15 is 0 Å². The molecule has 0 radical (unpaired) electrons. The number of carboxylic acids is 1. The molecule has 0 amide bonds. The Kier molecular flexibility index (Phi) is 4.00. The SMILES string of the molecule is NCC(N)CCC(=O)O. The fourth-order valence-electron chi connectivity index (χ4n) is 0.427. The Morgan fingerprint density at radius 2 is 2.22 bits per heavy atom. The molecule has 0 fully saturated rings. The van der Waals surface area contributed by atoms with Crippen LogP contribution in [0, 0.1) is 0 Å². The summed E-state index contributed by atoms with van der Waals surface area (Å²) in [6, 6.07) is -0.166. The minimum atomic E-state index is -0.820. The number of rotatable bonds is 4. The van der Waals surface area contributed by atoms with E-state index < -0.39 is 5.97 Å². The molecule has 0 aromatic rings. The van der Waals surface area contributed by atoms with Gasteiger partial charge in [-0.1, -0.05) is 0 Å². The van der Waals surface area contributed by atoms with Crippen LogP contribution in [0.2, 0.25) is 0 Å². The third-order valence-electron chi connectivity index (χ3n) is 1.03. The maximum atomic E-state index is 9.92. The molecule has 0 aliphatic carbocycles. The molecule has 4 nitrogen and oxygen atoms in total. The molecule has 0 aliphatic heterocycles. The van der Waals surface area contributed by atoms with Crippen LogP contribution in [0.1, 0.15) is 12.8 Å². The number of aliphatic carboxylic acids is 1. The summed E-state index contributed by atoms with van der Waals surface area (Å²) in [4.78, 5) is 9.92. The molecule has 0 spiro atoms. The Morgan fingerprint density at radius 1 is 1.67 bits per heavy atom. The Balaban J connectivity index is 3.16. The third-order valence-corrected chi connectivity index (χ3v) is 1.03. The fourth-order valence-corrected chi connectivity index (χ4v) is 0.427. The lowest BCUT2D eigenvalue weighted by Crippen LogP contribution is -2.30. The highest BCUT2D eigenvalue weighted by Gasteiger charge is 2.01. The monoisotopic (exact) mass is 132 g/mol. The molecule has 1 unspecified atom stereocenters. The van der Waals surface area contributed by atoms with Crippen molar-refractivity contribution < 1.29 is 9.90 Å². The molecule has 54 valence electrons. The van der Waals surface area contributed by atoms with Crippen molar-refractivity contribution in [2.45, 2.75) is 18.9 Å². The van der Waals surface area contributed by atoms with Crippen molar-refractivity contribution in [3.63, 3.8) is 0 Å². The average Bonchev–Trinajstić information content (AvgIpc) is 1.83. The predicted molar refractivity (Wildman–Crippen MR) is 33.9 cm³/mol. The van der Waals surface area contributed by atoms with Crippen LogP contribution in [0.25, 0.3) is 0 Å². The lowest BCUT2D eigenvalue weighted by atomic mass is 10.2. The number of carboxylic acid groups (broad SMARTS) is 1.